The van der Waals surface area contributed by atoms with E-state index in [1.165, 1.54) is 6.42 Å². The highest BCUT2D eigenvalue weighted by Crippen LogP contribution is 2.13. The van der Waals surface area contributed by atoms with Gasteiger partial charge in [-0.15, -0.1) is 0 Å². The minimum Gasteiger partial charge on any atom is -0.481 e. The molecule has 0 aliphatic rings. The number of thiol groups is 2. The summed E-state index contributed by atoms with van der Waals surface area (Å²) < 4.78 is 0. The van der Waals surface area contributed by atoms with Crippen molar-refractivity contribution in [1.29, 1.82) is 0 Å². The van der Waals surface area contributed by atoms with Gasteiger partial charge in [-0.1, -0.05) is 12.8 Å². The van der Waals surface area contributed by atoms with E-state index >= 15 is 0 Å². The van der Waals surface area contributed by atoms with Crippen molar-refractivity contribution in [3.05, 3.63) is 0 Å². The van der Waals surface area contributed by atoms with Gasteiger partial charge in [0.25, 0.3) is 0 Å². The molecule has 2 nitrogen and oxygen atoms in total. The lowest BCUT2D eigenvalue weighted by Crippen LogP contribution is -2.03. The number of unbranched alkanes of at least 4 members (excludes halogenated alkanes) is 2. The number of rotatable bonds is 8. The number of carboxylic acid groups (broad SMARTS) is 1. The second-order valence-corrected chi connectivity index (χ2v) is 4.34. The van der Waals surface area contributed by atoms with Gasteiger partial charge >= 0.3 is 5.97 Å². The van der Waals surface area contributed by atoms with Crippen molar-refractivity contribution < 1.29 is 9.90 Å². The highest BCUT2D eigenvalue weighted by molar-refractivity contribution is 7.81. The predicted octanol–water partition coefficient (Wildman–Crippen LogP) is 2.64. The van der Waals surface area contributed by atoms with Crippen LogP contribution < -0.4 is 0 Å². The second kappa shape index (κ2) is 8.75. The quantitative estimate of drug-likeness (QED) is 0.436. The van der Waals surface area contributed by atoms with E-state index in [0.29, 0.717) is 6.42 Å². The molecule has 0 radical (unpaired) electrons. The van der Waals surface area contributed by atoms with Gasteiger partial charge in [-0.2, -0.15) is 25.3 Å². The first-order valence-electron chi connectivity index (χ1n) is 4.67. The summed E-state index contributed by atoms with van der Waals surface area (Å²) in [6, 6.07) is 0. The van der Waals surface area contributed by atoms with E-state index in [-0.39, 0.29) is 11.7 Å². The van der Waals surface area contributed by atoms with Crippen LogP contribution in [0.2, 0.25) is 0 Å². The fourth-order valence-electron chi connectivity index (χ4n) is 1.10. The summed E-state index contributed by atoms with van der Waals surface area (Å²) in [5.41, 5.74) is 0. The molecule has 0 aromatic rings. The lowest BCUT2D eigenvalue weighted by Gasteiger charge is -2.07. The number of carboxylic acids is 1. The molecule has 0 bridgehead atoms. The van der Waals surface area contributed by atoms with Crippen molar-refractivity contribution >= 4 is 31.2 Å². The topological polar surface area (TPSA) is 37.3 Å². The van der Waals surface area contributed by atoms with Crippen LogP contribution in [0, 0.1) is 0 Å². The Bertz CT molecular complexity index is 140. The van der Waals surface area contributed by atoms with Gasteiger partial charge in [0.1, 0.15) is 0 Å². The Hall–Kier alpha value is 0.170. The van der Waals surface area contributed by atoms with Gasteiger partial charge in [-0.05, 0) is 25.0 Å². The molecule has 0 saturated heterocycles. The molecule has 0 spiro atoms. The van der Waals surface area contributed by atoms with E-state index in [9.17, 15) is 4.79 Å². The zero-order chi connectivity index (χ0) is 10.1. The van der Waals surface area contributed by atoms with E-state index in [1.807, 2.05) is 0 Å². The summed E-state index contributed by atoms with van der Waals surface area (Å²) in [5, 5.41) is 8.67. The number of aliphatic carboxylic acids is 1. The number of hydrogen-bond donors (Lipinski definition) is 3. The van der Waals surface area contributed by atoms with E-state index < -0.39 is 5.97 Å². The van der Waals surface area contributed by atoms with Crippen LogP contribution in [0.4, 0.5) is 0 Å². The normalized spacial score (nSPS) is 12.8. The third kappa shape index (κ3) is 10.1. The molecule has 0 fully saturated rings. The minimum absolute atomic E-state index is 0.237. The van der Waals surface area contributed by atoms with Gasteiger partial charge in [0.15, 0.2) is 0 Å². The van der Waals surface area contributed by atoms with Crippen molar-refractivity contribution in [2.75, 3.05) is 5.75 Å². The van der Waals surface area contributed by atoms with Crippen molar-refractivity contribution in [1.82, 2.24) is 0 Å². The predicted molar refractivity (Wildman–Crippen MR) is 62.0 cm³/mol. The zero-order valence-electron chi connectivity index (χ0n) is 7.78. The molecular weight excluding hydrogens is 204 g/mol. The first-order valence-corrected chi connectivity index (χ1v) is 5.82. The van der Waals surface area contributed by atoms with Crippen LogP contribution in [-0.2, 0) is 4.79 Å². The van der Waals surface area contributed by atoms with Gasteiger partial charge in [-0.3, -0.25) is 4.79 Å². The Morgan fingerprint density at radius 1 is 1.23 bits per heavy atom. The molecule has 0 rings (SSSR count). The first-order chi connectivity index (χ1) is 6.16. The Labute approximate surface area is 90.9 Å². The average molecular weight is 222 g/mol. The van der Waals surface area contributed by atoms with Crippen LogP contribution in [0.15, 0.2) is 0 Å². The lowest BCUT2D eigenvalue weighted by atomic mass is 10.1. The van der Waals surface area contributed by atoms with Crippen LogP contribution in [0.5, 0.6) is 0 Å². The Morgan fingerprint density at radius 3 is 2.46 bits per heavy atom. The largest absolute Gasteiger partial charge is 0.481 e. The van der Waals surface area contributed by atoms with Crippen LogP contribution in [-0.4, -0.2) is 22.1 Å². The van der Waals surface area contributed by atoms with Gasteiger partial charge in [-0.25, -0.2) is 0 Å². The van der Waals surface area contributed by atoms with Crippen molar-refractivity contribution in [2.24, 2.45) is 0 Å². The third-order valence-corrected chi connectivity index (χ3v) is 2.72. The summed E-state index contributed by atoms with van der Waals surface area (Å²) >= 11 is 8.44. The highest BCUT2D eigenvalue weighted by atomic mass is 32.1. The van der Waals surface area contributed by atoms with E-state index in [2.05, 4.69) is 25.3 Å². The first kappa shape index (κ1) is 13.2. The van der Waals surface area contributed by atoms with E-state index in [1.54, 1.807) is 0 Å². The van der Waals surface area contributed by atoms with Crippen LogP contribution in [0.25, 0.3) is 0 Å². The maximum atomic E-state index is 10.2. The lowest BCUT2D eigenvalue weighted by molar-refractivity contribution is -0.137. The fraction of sp³-hybridized carbons (Fsp3) is 0.889. The Morgan fingerprint density at radius 2 is 1.92 bits per heavy atom. The van der Waals surface area contributed by atoms with Gasteiger partial charge in [0.2, 0.25) is 0 Å². The third-order valence-electron chi connectivity index (χ3n) is 1.89. The van der Waals surface area contributed by atoms with Gasteiger partial charge in [0.05, 0.1) is 0 Å². The zero-order valence-corrected chi connectivity index (χ0v) is 9.57. The summed E-state index contributed by atoms with van der Waals surface area (Å²) in [6.07, 6.45) is 5.38. The maximum absolute atomic E-state index is 10.2. The standard InChI is InChI=1S/C9H18O2S2/c10-9(11)6-5-8(13)4-2-1-3-7-12/h8,12-13H,1-7H2,(H,10,11). The average Bonchev–Trinajstić information content (AvgIpc) is 2.09. The van der Waals surface area contributed by atoms with E-state index in [0.717, 1.165) is 25.0 Å². The summed E-state index contributed by atoms with van der Waals surface area (Å²) in [4.78, 5) is 10.2. The molecule has 1 atom stereocenters. The molecule has 0 aromatic carbocycles. The van der Waals surface area contributed by atoms with Crippen LogP contribution >= 0.6 is 25.3 Å². The van der Waals surface area contributed by atoms with Crippen LogP contribution in [0.3, 0.4) is 0 Å². The van der Waals surface area contributed by atoms with Crippen LogP contribution in [0.1, 0.15) is 38.5 Å². The maximum Gasteiger partial charge on any atom is 0.303 e. The second-order valence-electron chi connectivity index (χ2n) is 3.16. The Kier molecular flexibility index (Phi) is 8.87. The van der Waals surface area contributed by atoms with E-state index in [4.69, 9.17) is 5.11 Å². The molecule has 1 unspecified atom stereocenters. The van der Waals surface area contributed by atoms with Gasteiger partial charge in [0, 0.05) is 11.7 Å². The molecule has 0 aromatic heterocycles. The Balaban J connectivity index is 3.19. The number of carbonyl (C=O) groups is 1. The molecule has 0 saturated carbocycles. The molecular formula is C9H18O2S2. The molecule has 1 N–H and O–H groups in total. The molecule has 0 heterocycles. The van der Waals surface area contributed by atoms with Crippen molar-refractivity contribution in [3.63, 3.8) is 0 Å². The minimum atomic E-state index is -0.727. The summed E-state index contributed by atoms with van der Waals surface area (Å²) in [5.74, 6) is 0.209. The van der Waals surface area contributed by atoms with Gasteiger partial charge < -0.3 is 5.11 Å². The SMILES string of the molecule is O=C(O)CCC(S)CCCCCS. The number of hydrogen-bond acceptors (Lipinski definition) is 3. The molecule has 13 heavy (non-hydrogen) atoms. The molecule has 0 aliphatic heterocycles. The van der Waals surface area contributed by atoms with Crippen molar-refractivity contribution in [2.45, 2.75) is 43.8 Å². The molecule has 0 aliphatic carbocycles. The highest BCUT2D eigenvalue weighted by Gasteiger charge is 2.05. The monoisotopic (exact) mass is 222 g/mol. The smallest absolute Gasteiger partial charge is 0.303 e. The summed E-state index contributed by atoms with van der Waals surface area (Å²) in [6.45, 7) is 0. The van der Waals surface area contributed by atoms with Crippen molar-refractivity contribution in [3.8, 4) is 0 Å². The summed E-state index contributed by atoms with van der Waals surface area (Å²) in [7, 11) is 0. The fourth-order valence-corrected chi connectivity index (χ4v) is 1.64. The molecule has 4 heteroatoms. The molecule has 0 amide bonds. The molecule has 78 valence electrons.